The van der Waals surface area contributed by atoms with Gasteiger partial charge in [0.1, 0.15) is 18.9 Å². The van der Waals surface area contributed by atoms with Crippen LogP contribution in [0.5, 0.6) is 0 Å². The summed E-state index contributed by atoms with van der Waals surface area (Å²) in [7, 11) is 0. The number of piperidine rings is 1. The molecule has 84 valence electrons. The number of nitrogens with zero attached hydrogens (tertiary/aromatic N) is 1. The Kier molecular flexibility index (Phi) is 4.21. The smallest absolute Gasteiger partial charge is 0.109 e. The molecule has 0 saturated carbocycles. The standard InChI is InChI=1S/C8H16FNO4/c9-3-5-7(13)8(14)6(12)4-10(5)1-2-11/h5-8,11-14H,1-4H2. The summed E-state index contributed by atoms with van der Waals surface area (Å²) in [6.45, 7) is -0.750. The fourth-order valence-corrected chi connectivity index (χ4v) is 1.73. The van der Waals surface area contributed by atoms with Crippen molar-refractivity contribution in [1.29, 1.82) is 0 Å². The highest BCUT2D eigenvalue weighted by Crippen LogP contribution is 2.18. The highest BCUT2D eigenvalue weighted by atomic mass is 19.1. The minimum Gasteiger partial charge on any atom is -0.395 e. The molecule has 1 aliphatic rings. The molecule has 0 aliphatic carbocycles. The number of hydrogen-bond acceptors (Lipinski definition) is 5. The molecule has 0 aromatic rings. The van der Waals surface area contributed by atoms with Gasteiger partial charge in [0.15, 0.2) is 0 Å². The molecule has 0 radical (unpaired) electrons. The molecule has 1 heterocycles. The molecule has 0 amide bonds. The van der Waals surface area contributed by atoms with E-state index in [0.717, 1.165) is 0 Å². The van der Waals surface area contributed by atoms with Gasteiger partial charge in [-0.3, -0.25) is 4.90 Å². The molecule has 1 fully saturated rings. The van der Waals surface area contributed by atoms with Gasteiger partial charge in [-0.25, -0.2) is 4.39 Å². The maximum Gasteiger partial charge on any atom is 0.109 e. The molecular formula is C8H16FNO4. The van der Waals surface area contributed by atoms with Crippen molar-refractivity contribution in [2.24, 2.45) is 0 Å². The summed E-state index contributed by atoms with van der Waals surface area (Å²) in [4.78, 5) is 1.43. The van der Waals surface area contributed by atoms with Crippen molar-refractivity contribution >= 4 is 0 Å². The zero-order valence-corrected chi connectivity index (χ0v) is 7.75. The molecule has 1 saturated heterocycles. The van der Waals surface area contributed by atoms with Crippen molar-refractivity contribution in [1.82, 2.24) is 4.90 Å². The van der Waals surface area contributed by atoms with E-state index >= 15 is 0 Å². The number of aliphatic hydroxyl groups is 4. The lowest BCUT2D eigenvalue weighted by molar-refractivity contribution is -0.141. The van der Waals surface area contributed by atoms with Crippen LogP contribution in [0.1, 0.15) is 0 Å². The van der Waals surface area contributed by atoms with Gasteiger partial charge in [-0.1, -0.05) is 0 Å². The van der Waals surface area contributed by atoms with Crippen molar-refractivity contribution < 1.29 is 24.8 Å². The van der Waals surface area contributed by atoms with E-state index in [9.17, 15) is 19.7 Å². The lowest BCUT2D eigenvalue weighted by Crippen LogP contribution is -2.62. The van der Waals surface area contributed by atoms with Crippen LogP contribution < -0.4 is 0 Å². The van der Waals surface area contributed by atoms with Gasteiger partial charge in [-0.15, -0.1) is 0 Å². The second-order valence-corrected chi connectivity index (χ2v) is 3.49. The van der Waals surface area contributed by atoms with Gasteiger partial charge >= 0.3 is 0 Å². The largest absolute Gasteiger partial charge is 0.395 e. The van der Waals surface area contributed by atoms with Crippen LogP contribution >= 0.6 is 0 Å². The predicted molar refractivity (Wildman–Crippen MR) is 46.4 cm³/mol. The molecule has 1 aliphatic heterocycles. The fraction of sp³-hybridized carbons (Fsp3) is 1.00. The monoisotopic (exact) mass is 209 g/mol. The van der Waals surface area contributed by atoms with Crippen LogP contribution in [0.15, 0.2) is 0 Å². The number of likely N-dealkylation sites (tertiary alicyclic amines) is 1. The molecule has 1 rings (SSSR count). The zero-order valence-electron chi connectivity index (χ0n) is 7.75. The fourth-order valence-electron chi connectivity index (χ4n) is 1.73. The Morgan fingerprint density at radius 1 is 1.21 bits per heavy atom. The lowest BCUT2D eigenvalue weighted by Gasteiger charge is -2.42. The summed E-state index contributed by atoms with van der Waals surface area (Å²) in [6.07, 6.45) is -3.72. The van der Waals surface area contributed by atoms with Gasteiger partial charge in [-0.05, 0) is 0 Å². The van der Waals surface area contributed by atoms with Crippen LogP contribution in [0.25, 0.3) is 0 Å². The molecule has 0 aromatic heterocycles. The van der Waals surface area contributed by atoms with Gasteiger partial charge in [0.25, 0.3) is 0 Å². The van der Waals surface area contributed by atoms with Crippen molar-refractivity contribution in [3.05, 3.63) is 0 Å². The SMILES string of the molecule is OCCN1CC(O)C(O)C(O)C1CF. The highest BCUT2D eigenvalue weighted by Gasteiger charge is 2.40. The molecule has 5 nitrogen and oxygen atoms in total. The Hall–Kier alpha value is -0.270. The summed E-state index contributed by atoms with van der Waals surface area (Å²) in [5.41, 5.74) is 0. The molecule has 4 unspecified atom stereocenters. The first-order valence-corrected chi connectivity index (χ1v) is 4.57. The third-order valence-electron chi connectivity index (χ3n) is 2.57. The zero-order chi connectivity index (χ0) is 10.7. The normalized spacial score (nSPS) is 40.1. The summed E-state index contributed by atoms with van der Waals surface area (Å²) in [6, 6.07) is -0.847. The van der Waals surface area contributed by atoms with Gasteiger partial charge < -0.3 is 20.4 Å². The first-order valence-electron chi connectivity index (χ1n) is 4.57. The average molecular weight is 209 g/mol. The number of β-amino-alcohol motifs (C(OH)–C–C–N with tert-alkyl or cyclic N) is 2. The average Bonchev–Trinajstić information content (AvgIpc) is 2.16. The van der Waals surface area contributed by atoms with E-state index in [2.05, 4.69) is 0 Å². The Labute approximate surface area is 81.4 Å². The van der Waals surface area contributed by atoms with Crippen molar-refractivity contribution in [3.8, 4) is 0 Å². The topological polar surface area (TPSA) is 84.2 Å². The van der Waals surface area contributed by atoms with Crippen LogP contribution in [-0.2, 0) is 0 Å². The lowest BCUT2D eigenvalue weighted by atomic mass is 9.94. The minimum atomic E-state index is -1.31. The van der Waals surface area contributed by atoms with Crippen LogP contribution in [0.3, 0.4) is 0 Å². The van der Waals surface area contributed by atoms with Crippen molar-refractivity contribution in [2.75, 3.05) is 26.4 Å². The Bertz CT molecular complexity index is 183. The summed E-state index contributed by atoms with van der Waals surface area (Å²) in [5, 5.41) is 36.7. The summed E-state index contributed by atoms with van der Waals surface area (Å²) >= 11 is 0. The summed E-state index contributed by atoms with van der Waals surface area (Å²) in [5.74, 6) is 0. The summed E-state index contributed by atoms with van der Waals surface area (Å²) < 4.78 is 12.5. The Morgan fingerprint density at radius 2 is 1.86 bits per heavy atom. The van der Waals surface area contributed by atoms with Crippen LogP contribution in [0.4, 0.5) is 4.39 Å². The van der Waals surface area contributed by atoms with Crippen LogP contribution in [0.2, 0.25) is 0 Å². The van der Waals surface area contributed by atoms with E-state index < -0.39 is 31.0 Å². The number of rotatable bonds is 3. The van der Waals surface area contributed by atoms with Crippen molar-refractivity contribution in [3.63, 3.8) is 0 Å². The molecule has 4 atom stereocenters. The van der Waals surface area contributed by atoms with Crippen molar-refractivity contribution in [2.45, 2.75) is 24.4 Å². The first kappa shape index (κ1) is 11.8. The van der Waals surface area contributed by atoms with E-state index in [1.165, 1.54) is 4.90 Å². The van der Waals surface area contributed by atoms with E-state index in [0.29, 0.717) is 0 Å². The van der Waals surface area contributed by atoms with Crippen LogP contribution in [0, 0.1) is 0 Å². The van der Waals surface area contributed by atoms with Crippen LogP contribution in [-0.4, -0.2) is 76.1 Å². The molecule has 4 N–H and O–H groups in total. The quantitative estimate of drug-likeness (QED) is 0.421. The minimum absolute atomic E-state index is 0.0629. The second-order valence-electron chi connectivity index (χ2n) is 3.49. The third kappa shape index (κ3) is 2.21. The number of hydrogen-bond donors (Lipinski definition) is 4. The van der Waals surface area contributed by atoms with E-state index in [-0.39, 0.29) is 19.7 Å². The molecule has 0 aromatic carbocycles. The first-order chi connectivity index (χ1) is 6.61. The van der Waals surface area contributed by atoms with Gasteiger partial charge in [-0.2, -0.15) is 0 Å². The predicted octanol–water partition coefficient (Wildman–Crippen LogP) is -2.28. The molecule has 0 bridgehead atoms. The molecular weight excluding hydrogens is 193 g/mol. The van der Waals surface area contributed by atoms with E-state index in [1.807, 2.05) is 0 Å². The molecule has 0 spiro atoms. The second kappa shape index (κ2) is 4.99. The maximum absolute atomic E-state index is 12.5. The van der Waals surface area contributed by atoms with E-state index in [4.69, 9.17) is 5.11 Å². The third-order valence-corrected chi connectivity index (χ3v) is 2.57. The number of alkyl halides is 1. The van der Waals surface area contributed by atoms with Gasteiger partial charge in [0.05, 0.1) is 18.8 Å². The van der Waals surface area contributed by atoms with E-state index in [1.54, 1.807) is 0 Å². The Morgan fingerprint density at radius 3 is 2.36 bits per heavy atom. The van der Waals surface area contributed by atoms with Gasteiger partial charge in [0.2, 0.25) is 0 Å². The molecule has 6 heteroatoms. The maximum atomic E-state index is 12.5. The number of halogens is 1. The highest BCUT2D eigenvalue weighted by molar-refractivity contribution is 4.93. The van der Waals surface area contributed by atoms with Gasteiger partial charge in [0, 0.05) is 13.1 Å². The molecule has 14 heavy (non-hydrogen) atoms. The number of aliphatic hydroxyl groups excluding tert-OH is 4. The Balaban J connectivity index is 2.66.